The van der Waals surface area contributed by atoms with Gasteiger partial charge in [-0.2, -0.15) is 0 Å². The molecule has 0 radical (unpaired) electrons. The number of rotatable bonds is 7. The minimum atomic E-state index is -3.03. The fraction of sp³-hybridized carbons (Fsp3) is 1.00. The van der Waals surface area contributed by atoms with Crippen molar-refractivity contribution in [1.82, 2.24) is 5.32 Å². The summed E-state index contributed by atoms with van der Waals surface area (Å²) < 4.78 is 28.0. The van der Waals surface area contributed by atoms with Crippen molar-refractivity contribution in [2.24, 2.45) is 0 Å². The SMILES string of the molecule is CCOP(=O)(COC1CCNCC1)OCC. The van der Waals surface area contributed by atoms with Crippen LogP contribution in [-0.4, -0.2) is 38.8 Å². The minimum absolute atomic E-state index is 0.0688. The molecule has 6 heteroatoms. The molecule has 1 heterocycles. The zero-order chi connectivity index (χ0) is 11.9. The monoisotopic (exact) mass is 251 g/mol. The smallest absolute Gasteiger partial charge is 0.356 e. The lowest BCUT2D eigenvalue weighted by atomic mass is 10.1. The molecule has 1 saturated heterocycles. The van der Waals surface area contributed by atoms with Crippen LogP contribution in [0.1, 0.15) is 26.7 Å². The second kappa shape index (κ2) is 7.41. The molecule has 96 valence electrons. The van der Waals surface area contributed by atoms with E-state index < -0.39 is 7.60 Å². The Bertz CT molecular complexity index is 221. The van der Waals surface area contributed by atoms with Crippen LogP contribution < -0.4 is 5.32 Å². The Hall–Kier alpha value is 0.0700. The molecule has 0 aromatic carbocycles. The molecule has 1 N–H and O–H groups in total. The van der Waals surface area contributed by atoms with Crippen molar-refractivity contribution >= 4 is 7.60 Å². The molecule has 0 aromatic heterocycles. The van der Waals surface area contributed by atoms with E-state index in [0.29, 0.717) is 13.2 Å². The van der Waals surface area contributed by atoms with Crippen molar-refractivity contribution in [3.8, 4) is 0 Å². The molecule has 0 atom stereocenters. The van der Waals surface area contributed by atoms with E-state index in [-0.39, 0.29) is 12.5 Å². The lowest BCUT2D eigenvalue weighted by molar-refractivity contribution is 0.0461. The zero-order valence-electron chi connectivity index (χ0n) is 10.1. The average molecular weight is 251 g/mol. The highest BCUT2D eigenvalue weighted by Gasteiger charge is 2.26. The first-order valence-electron chi connectivity index (χ1n) is 5.90. The van der Waals surface area contributed by atoms with Gasteiger partial charge < -0.3 is 19.1 Å². The summed E-state index contributed by atoms with van der Waals surface area (Å²) in [4.78, 5) is 0. The Morgan fingerprint density at radius 1 is 1.19 bits per heavy atom. The van der Waals surface area contributed by atoms with Crippen molar-refractivity contribution in [2.45, 2.75) is 32.8 Å². The van der Waals surface area contributed by atoms with Crippen molar-refractivity contribution < 1.29 is 18.3 Å². The number of hydrogen-bond acceptors (Lipinski definition) is 5. The Balaban J connectivity index is 2.33. The summed E-state index contributed by atoms with van der Waals surface area (Å²) in [7, 11) is -3.03. The molecule has 1 aliphatic heterocycles. The van der Waals surface area contributed by atoms with E-state index in [0.717, 1.165) is 25.9 Å². The van der Waals surface area contributed by atoms with Gasteiger partial charge in [-0.05, 0) is 39.8 Å². The van der Waals surface area contributed by atoms with Crippen LogP contribution in [0.15, 0.2) is 0 Å². The van der Waals surface area contributed by atoms with Crippen LogP contribution in [0.25, 0.3) is 0 Å². The highest BCUT2D eigenvalue weighted by atomic mass is 31.2. The Morgan fingerprint density at radius 3 is 2.25 bits per heavy atom. The first-order chi connectivity index (χ1) is 7.70. The molecule has 0 spiro atoms. The average Bonchev–Trinajstić information content (AvgIpc) is 2.29. The van der Waals surface area contributed by atoms with Crippen LogP contribution >= 0.6 is 7.60 Å². The van der Waals surface area contributed by atoms with Gasteiger partial charge in [0.05, 0.1) is 19.3 Å². The van der Waals surface area contributed by atoms with Crippen molar-refractivity contribution in [1.29, 1.82) is 0 Å². The standard InChI is InChI=1S/C10H22NO4P/c1-3-14-16(12,15-4-2)9-13-10-5-7-11-8-6-10/h10-11H,3-9H2,1-2H3. The predicted octanol–water partition coefficient (Wildman–Crippen LogP) is 1.98. The second-order valence-electron chi connectivity index (χ2n) is 3.69. The Kier molecular flexibility index (Phi) is 6.54. The minimum Gasteiger partial charge on any atom is -0.365 e. The lowest BCUT2D eigenvalue weighted by Gasteiger charge is -2.25. The molecule has 1 rings (SSSR count). The van der Waals surface area contributed by atoms with Crippen LogP contribution in [0.4, 0.5) is 0 Å². The molecule has 0 saturated carbocycles. The fourth-order valence-corrected chi connectivity index (χ4v) is 3.07. The van der Waals surface area contributed by atoms with Crippen LogP contribution in [0.5, 0.6) is 0 Å². The van der Waals surface area contributed by atoms with E-state index in [9.17, 15) is 4.57 Å². The van der Waals surface area contributed by atoms with Gasteiger partial charge in [0.2, 0.25) is 0 Å². The van der Waals surface area contributed by atoms with Crippen LogP contribution in [-0.2, 0) is 18.3 Å². The van der Waals surface area contributed by atoms with Crippen LogP contribution in [0.3, 0.4) is 0 Å². The molecule has 0 unspecified atom stereocenters. The third-order valence-corrected chi connectivity index (χ3v) is 4.17. The van der Waals surface area contributed by atoms with Gasteiger partial charge in [0.25, 0.3) is 0 Å². The van der Waals surface area contributed by atoms with Crippen molar-refractivity contribution in [2.75, 3.05) is 32.7 Å². The first-order valence-corrected chi connectivity index (χ1v) is 7.63. The first kappa shape index (κ1) is 14.1. The third kappa shape index (κ3) is 4.93. The van der Waals surface area contributed by atoms with Crippen molar-refractivity contribution in [3.63, 3.8) is 0 Å². The Labute approximate surface area is 97.4 Å². The maximum Gasteiger partial charge on any atom is 0.356 e. The maximum atomic E-state index is 12.1. The molecule has 1 fully saturated rings. The summed E-state index contributed by atoms with van der Waals surface area (Å²) >= 11 is 0. The molecule has 5 nitrogen and oxygen atoms in total. The quantitative estimate of drug-likeness (QED) is 0.701. The largest absolute Gasteiger partial charge is 0.365 e. The van der Waals surface area contributed by atoms with Gasteiger partial charge in [-0.1, -0.05) is 0 Å². The van der Waals surface area contributed by atoms with Gasteiger partial charge in [0.15, 0.2) is 0 Å². The predicted molar refractivity (Wildman–Crippen MR) is 62.7 cm³/mol. The van der Waals surface area contributed by atoms with Gasteiger partial charge in [0, 0.05) is 0 Å². The number of ether oxygens (including phenoxy) is 1. The summed E-state index contributed by atoms with van der Waals surface area (Å²) in [5, 5.41) is 3.25. The van der Waals surface area contributed by atoms with E-state index in [4.69, 9.17) is 13.8 Å². The van der Waals surface area contributed by atoms with Crippen LogP contribution in [0.2, 0.25) is 0 Å². The number of nitrogens with one attached hydrogen (secondary N) is 1. The summed E-state index contributed by atoms with van der Waals surface area (Å²) in [6.45, 7) is 6.28. The summed E-state index contributed by atoms with van der Waals surface area (Å²) in [5.74, 6) is 0. The van der Waals surface area contributed by atoms with Gasteiger partial charge in [-0.15, -0.1) is 0 Å². The molecule has 0 aromatic rings. The normalized spacial score (nSPS) is 18.9. The maximum absolute atomic E-state index is 12.1. The molecule has 0 aliphatic carbocycles. The topological polar surface area (TPSA) is 56.8 Å². The van der Waals surface area contributed by atoms with Gasteiger partial charge in [-0.25, -0.2) is 0 Å². The molecular weight excluding hydrogens is 229 g/mol. The Morgan fingerprint density at radius 2 is 1.75 bits per heavy atom. The van der Waals surface area contributed by atoms with Crippen LogP contribution in [0, 0.1) is 0 Å². The van der Waals surface area contributed by atoms with Crippen molar-refractivity contribution in [3.05, 3.63) is 0 Å². The van der Waals surface area contributed by atoms with Gasteiger partial charge in [0.1, 0.15) is 6.35 Å². The highest BCUT2D eigenvalue weighted by molar-refractivity contribution is 7.53. The number of piperidine rings is 1. The van der Waals surface area contributed by atoms with Gasteiger partial charge >= 0.3 is 7.60 Å². The second-order valence-corrected chi connectivity index (χ2v) is 5.69. The van der Waals surface area contributed by atoms with E-state index >= 15 is 0 Å². The summed E-state index contributed by atoms with van der Waals surface area (Å²) in [5.41, 5.74) is 0. The fourth-order valence-electron chi connectivity index (χ4n) is 1.66. The van der Waals surface area contributed by atoms with Gasteiger partial charge in [-0.3, -0.25) is 4.57 Å². The molecule has 0 amide bonds. The van der Waals surface area contributed by atoms with E-state index in [1.54, 1.807) is 13.8 Å². The summed E-state index contributed by atoms with van der Waals surface area (Å²) in [6.07, 6.45) is 2.16. The highest BCUT2D eigenvalue weighted by Crippen LogP contribution is 2.48. The molecule has 0 bridgehead atoms. The van der Waals surface area contributed by atoms with E-state index in [1.807, 2.05) is 0 Å². The number of hydrogen-bond donors (Lipinski definition) is 1. The molecular formula is C10H22NO4P. The molecule has 1 aliphatic rings. The third-order valence-electron chi connectivity index (χ3n) is 2.41. The molecule has 16 heavy (non-hydrogen) atoms. The zero-order valence-corrected chi connectivity index (χ0v) is 11.0. The van der Waals surface area contributed by atoms with E-state index in [1.165, 1.54) is 0 Å². The lowest BCUT2D eigenvalue weighted by Crippen LogP contribution is -2.32. The summed E-state index contributed by atoms with van der Waals surface area (Å²) in [6, 6.07) is 0. The van der Waals surface area contributed by atoms with E-state index in [2.05, 4.69) is 5.32 Å².